The summed E-state index contributed by atoms with van der Waals surface area (Å²) in [5, 5.41) is 12.3. The van der Waals surface area contributed by atoms with Gasteiger partial charge in [0, 0.05) is 30.8 Å². The van der Waals surface area contributed by atoms with Crippen molar-refractivity contribution in [2.75, 3.05) is 39.2 Å². The number of imidazole rings is 1. The molecule has 5 rings (SSSR count). The second-order valence-corrected chi connectivity index (χ2v) is 12.5. The van der Waals surface area contributed by atoms with Gasteiger partial charge in [-0.05, 0) is 81.2 Å². The fraction of sp³-hybridized carbons (Fsp3) is 0.429. The Morgan fingerprint density at radius 3 is 2.53 bits per heavy atom. The summed E-state index contributed by atoms with van der Waals surface area (Å²) >= 11 is 1.64. The minimum Gasteiger partial charge on any atom is -0.497 e. The lowest BCUT2D eigenvalue weighted by atomic mass is 10.1. The molecular formula is C35H42N4O7S. The molecule has 11 nitrogen and oxygen atoms in total. The number of fused-ring (bicyclic) bond motifs is 1. The highest BCUT2D eigenvalue weighted by atomic mass is 32.2. The summed E-state index contributed by atoms with van der Waals surface area (Å²) in [4.78, 5) is 35.3. The van der Waals surface area contributed by atoms with Crippen LogP contribution in [0.5, 0.6) is 17.2 Å². The number of hydrogen-bond acceptors (Lipinski definition) is 9. The Hall–Kier alpha value is -4.29. The lowest BCUT2D eigenvalue weighted by Gasteiger charge is -2.31. The molecule has 1 saturated heterocycles. The van der Waals surface area contributed by atoms with Gasteiger partial charge in [-0.25, -0.2) is 4.98 Å². The first-order valence-corrected chi connectivity index (χ1v) is 17.2. The van der Waals surface area contributed by atoms with Crippen LogP contribution in [-0.2, 0) is 4.74 Å². The summed E-state index contributed by atoms with van der Waals surface area (Å²) in [5.41, 5.74) is 2.33. The van der Waals surface area contributed by atoms with Crippen molar-refractivity contribution in [2.45, 2.75) is 57.4 Å². The number of nitro groups is 1. The van der Waals surface area contributed by atoms with Crippen LogP contribution in [0.15, 0.2) is 60.7 Å². The molecule has 0 radical (unpaired) electrons. The maximum atomic E-state index is 13.8. The fourth-order valence-corrected chi connectivity index (χ4v) is 6.86. The molecule has 47 heavy (non-hydrogen) atoms. The highest BCUT2D eigenvalue weighted by Gasteiger charge is 2.39. The molecule has 1 aliphatic rings. The van der Waals surface area contributed by atoms with Crippen molar-refractivity contribution in [1.82, 2.24) is 14.9 Å². The number of methoxy groups -OCH3 is 1. The van der Waals surface area contributed by atoms with Gasteiger partial charge < -0.3 is 28.8 Å². The van der Waals surface area contributed by atoms with Crippen LogP contribution >= 0.6 is 11.8 Å². The fourth-order valence-electron chi connectivity index (χ4n) is 5.79. The zero-order chi connectivity index (χ0) is 33.2. The average Bonchev–Trinajstić information content (AvgIpc) is 3.75. The van der Waals surface area contributed by atoms with Gasteiger partial charge in [-0.1, -0.05) is 19.1 Å². The minimum atomic E-state index is -0.540. The number of carbonyl (C=O) groups is 1. The first-order valence-electron chi connectivity index (χ1n) is 16.1. The Labute approximate surface area is 279 Å². The Morgan fingerprint density at radius 2 is 1.83 bits per heavy atom. The molecule has 1 fully saturated rings. The van der Waals surface area contributed by atoms with Crippen molar-refractivity contribution >= 4 is 34.4 Å². The molecule has 2 heterocycles. The van der Waals surface area contributed by atoms with E-state index in [1.54, 1.807) is 16.7 Å². The number of aromatic nitrogens is 2. The number of rotatable bonds is 17. The number of hydrogen-bond donors (Lipinski definition) is 1. The van der Waals surface area contributed by atoms with Gasteiger partial charge in [-0.3, -0.25) is 14.9 Å². The van der Waals surface area contributed by atoms with E-state index >= 15 is 0 Å². The molecule has 3 aromatic carbocycles. The maximum Gasteiger partial charge on any atom is 0.323 e. The lowest BCUT2D eigenvalue weighted by molar-refractivity contribution is -0.386. The first kappa shape index (κ1) is 34.1. The Bertz CT molecular complexity index is 1610. The van der Waals surface area contributed by atoms with Crippen LogP contribution in [0.2, 0.25) is 0 Å². The highest BCUT2D eigenvalue weighted by Crippen LogP contribution is 2.38. The van der Waals surface area contributed by atoms with Gasteiger partial charge in [0.1, 0.15) is 28.3 Å². The van der Waals surface area contributed by atoms with Crippen molar-refractivity contribution in [1.29, 1.82) is 0 Å². The van der Waals surface area contributed by atoms with E-state index in [-0.39, 0.29) is 35.1 Å². The smallest absolute Gasteiger partial charge is 0.323 e. The van der Waals surface area contributed by atoms with Crippen LogP contribution in [0.25, 0.3) is 22.4 Å². The Morgan fingerprint density at radius 1 is 1.06 bits per heavy atom. The number of ether oxygens (including phenoxy) is 4. The molecule has 12 heteroatoms. The number of aromatic amines is 1. The molecule has 2 atom stereocenters. The number of nitrogens with zero attached hydrogens (tertiary/aromatic N) is 3. The monoisotopic (exact) mass is 662 g/mol. The van der Waals surface area contributed by atoms with Crippen molar-refractivity contribution < 1.29 is 28.7 Å². The first-order chi connectivity index (χ1) is 22.9. The van der Waals surface area contributed by atoms with E-state index in [0.717, 1.165) is 59.6 Å². The number of nitrogens with one attached hydrogen (secondary N) is 1. The van der Waals surface area contributed by atoms with E-state index in [1.165, 1.54) is 19.2 Å². The third-order valence-corrected chi connectivity index (χ3v) is 9.18. The van der Waals surface area contributed by atoms with Gasteiger partial charge in [0.2, 0.25) is 5.75 Å². The van der Waals surface area contributed by atoms with Crippen LogP contribution in [0.1, 0.15) is 56.3 Å². The van der Waals surface area contributed by atoms with Crippen molar-refractivity contribution in [3.63, 3.8) is 0 Å². The van der Waals surface area contributed by atoms with Crippen molar-refractivity contribution in [3.8, 4) is 28.6 Å². The van der Waals surface area contributed by atoms with Crippen LogP contribution in [-0.4, -0.2) is 76.4 Å². The van der Waals surface area contributed by atoms with Gasteiger partial charge >= 0.3 is 5.69 Å². The van der Waals surface area contributed by atoms with E-state index in [1.807, 2.05) is 62.4 Å². The molecule has 1 N–H and O–H groups in total. The Kier molecular flexibility index (Phi) is 12.0. The molecule has 0 saturated carbocycles. The summed E-state index contributed by atoms with van der Waals surface area (Å²) in [6.07, 6.45) is 3.82. The van der Waals surface area contributed by atoms with E-state index in [2.05, 4.69) is 9.97 Å². The maximum absolute atomic E-state index is 13.8. The number of carbonyl (C=O) groups excluding carboxylic acids is 1. The van der Waals surface area contributed by atoms with Crippen LogP contribution < -0.4 is 14.2 Å². The summed E-state index contributed by atoms with van der Waals surface area (Å²) in [7, 11) is 1.47. The second-order valence-electron chi connectivity index (χ2n) is 11.2. The third-order valence-electron chi connectivity index (χ3n) is 8.07. The number of unbranched alkanes of at least 4 members (excludes halogenated alkanes) is 2. The van der Waals surface area contributed by atoms with E-state index in [9.17, 15) is 14.9 Å². The van der Waals surface area contributed by atoms with Crippen molar-refractivity contribution in [3.05, 3.63) is 76.3 Å². The number of benzene rings is 3. The summed E-state index contributed by atoms with van der Waals surface area (Å²) in [6, 6.07) is 18.5. The van der Waals surface area contributed by atoms with Gasteiger partial charge in [-0.15, -0.1) is 11.8 Å². The number of H-pyrrole nitrogens is 1. The molecule has 1 aromatic heterocycles. The number of para-hydroxylation sites is 2. The number of amides is 1. The summed E-state index contributed by atoms with van der Waals surface area (Å²) in [5.74, 6) is 2.36. The van der Waals surface area contributed by atoms with E-state index < -0.39 is 10.8 Å². The van der Waals surface area contributed by atoms with Gasteiger partial charge in [0.05, 0.1) is 42.3 Å². The predicted octanol–water partition coefficient (Wildman–Crippen LogP) is 7.50. The number of nitro benzene ring substituents is 1. The minimum absolute atomic E-state index is 0.0264. The van der Waals surface area contributed by atoms with Gasteiger partial charge in [0.25, 0.3) is 5.91 Å². The molecule has 0 aliphatic carbocycles. The largest absolute Gasteiger partial charge is 0.497 e. The number of thioether (sulfide) groups is 1. The van der Waals surface area contributed by atoms with Crippen LogP contribution in [0, 0.1) is 10.1 Å². The molecule has 1 amide bonds. The standard InChI is InChI=1S/C35H42N4O7S/c1-4-44-35(47-5-2)30-14-11-19-38(30)34(40)27-22-26(43-3)23-31(32(27)39(41)42)46-21-10-6-9-20-45-25-17-15-24(16-18-25)33-36-28-12-7-8-13-29(28)37-33/h7-8,12-13,15-18,22-23,30,35H,4-6,9-11,14,19-21H2,1-3H3,(H,36,37)/t30-,35?/m0/s1. The Balaban J connectivity index is 1.15. The highest BCUT2D eigenvalue weighted by molar-refractivity contribution is 7.99. The molecule has 0 spiro atoms. The van der Waals surface area contributed by atoms with Crippen LogP contribution in [0.3, 0.4) is 0 Å². The number of likely N-dealkylation sites (tertiary alicyclic amines) is 1. The molecule has 0 bridgehead atoms. The molecule has 1 unspecified atom stereocenters. The lowest BCUT2D eigenvalue weighted by Crippen LogP contribution is -2.43. The second kappa shape index (κ2) is 16.5. The molecular weight excluding hydrogens is 620 g/mol. The topological polar surface area (TPSA) is 129 Å². The molecule has 1 aliphatic heterocycles. The van der Waals surface area contributed by atoms with E-state index in [4.69, 9.17) is 18.9 Å². The normalized spacial score (nSPS) is 15.1. The molecule has 4 aromatic rings. The van der Waals surface area contributed by atoms with Gasteiger partial charge in [-0.2, -0.15) is 0 Å². The van der Waals surface area contributed by atoms with Crippen molar-refractivity contribution in [2.24, 2.45) is 0 Å². The molecule has 250 valence electrons. The average molecular weight is 663 g/mol. The van der Waals surface area contributed by atoms with Gasteiger partial charge in [0.15, 0.2) is 0 Å². The SMILES string of the molecule is CCOC(SCC)[C@@H]1CCCN1C(=O)c1cc(OC)cc(OCCCCCOc2ccc(-c3nc4ccccc4[nH]3)cc2)c1[N+](=O)[O-]. The third kappa shape index (κ3) is 8.36. The quantitative estimate of drug-likeness (QED) is 0.0529. The van der Waals surface area contributed by atoms with Crippen LogP contribution in [0.4, 0.5) is 5.69 Å². The van der Waals surface area contributed by atoms with E-state index in [0.29, 0.717) is 31.9 Å². The summed E-state index contributed by atoms with van der Waals surface area (Å²) < 4.78 is 23.2. The summed E-state index contributed by atoms with van der Waals surface area (Å²) in [6.45, 7) is 5.78. The predicted molar refractivity (Wildman–Crippen MR) is 184 cm³/mol. The zero-order valence-corrected chi connectivity index (χ0v) is 27.9. The zero-order valence-electron chi connectivity index (χ0n) is 27.1.